The molecule has 3 N–H and O–H groups in total. The molecule has 3 heteroatoms. The number of aliphatic hydroxyl groups excluding tert-OH is 1. The first-order valence-corrected chi connectivity index (χ1v) is 5.72. The third kappa shape index (κ3) is 3.95. The van der Waals surface area contributed by atoms with Gasteiger partial charge >= 0.3 is 0 Å². The molecule has 0 amide bonds. The number of hydrogen-bond acceptors (Lipinski definition) is 3. The van der Waals surface area contributed by atoms with Gasteiger partial charge in [0.2, 0.25) is 0 Å². The molecule has 1 aliphatic rings. The van der Waals surface area contributed by atoms with Crippen LogP contribution in [-0.2, 0) is 4.74 Å². The van der Waals surface area contributed by atoms with E-state index in [0.29, 0.717) is 5.92 Å². The van der Waals surface area contributed by atoms with E-state index in [1.54, 1.807) is 0 Å². The molecule has 0 aliphatic heterocycles. The van der Waals surface area contributed by atoms with Crippen LogP contribution in [0, 0.1) is 5.92 Å². The Morgan fingerprint density at radius 3 is 2.50 bits per heavy atom. The Balaban J connectivity index is 2.16. The molecule has 2 unspecified atom stereocenters. The molecular formula is C11H23NO2. The van der Waals surface area contributed by atoms with Crippen LogP contribution in [-0.4, -0.2) is 30.5 Å². The van der Waals surface area contributed by atoms with Crippen molar-refractivity contribution in [3.63, 3.8) is 0 Å². The molecule has 0 aromatic heterocycles. The molecule has 0 heterocycles. The van der Waals surface area contributed by atoms with E-state index < -0.39 is 0 Å². The monoisotopic (exact) mass is 201 g/mol. The highest BCUT2D eigenvalue weighted by atomic mass is 16.5. The van der Waals surface area contributed by atoms with Gasteiger partial charge in [-0.1, -0.05) is 19.3 Å². The number of aliphatic hydroxyl groups is 1. The second-order valence-electron chi connectivity index (χ2n) is 4.42. The van der Waals surface area contributed by atoms with Crippen LogP contribution in [0.3, 0.4) is 0 Å². The van der Waals surface area contributed by atoms with Gasteiger partial charge in [-0.15, -0.1) is 0 Å². The zero-order valence-corrected chi connectivity index (χ0v) is 9.11. The summed E-state index contributed by atoms with van der Waals surface area (Å²) in [5.74, 6) is 0.691. The van der Waals surface area contributed by atoms with E-state index in [0.717, 1.165) is 6.61 Å². The minimum Gasteiger partial charge on any atom is -0.394 e. The van der Waals surface area contributed by atoms with Gasteiger partial charge in [0.25, 0.3) is 0 Å². The summed E-state index contributed by atoms with van der Waals surface area (Å²) >= 11 is 0. The topological polar surface area (TPSA) is 55.5 Å². The van der Waals surface area contributed by atoms with Crippen molar-refractivity contribution in [2.75, 3.05) is 13.2 Å². The van der Waals surface area contributed by atoms with Crippen molar-refractivity contribution < 1.29 is 9.84 Å². The van der Waals surface area contributed by atoms with E-state index in [1.165, 1.54) is 32.1 Å². The molecule has 0 spiro atoms. The van der Waals surface area contributed by atoms with Crippen molar-refractivity contribution in [1.29, 1.82) is 0 Å². The average Bonchev–Trinajstić information content (AvgIpc) is 2.20. The summed E-state index contributed by atoms with van der Waals surface area (Å²) < 4.78 is 5.62. The Labute approximate surface area is 86.6 Å². The van der Waals surface area contributed by atoms with Gasteiger partial charge in [0, 0.05) is 12.6 Å². The van der Waals surface area contributed by atoms with Crippen LogP contribution in [0.4, 0.5) is 0 Å². The first-order chi connectivity index (χ1) is 6.74. The van der Waals surface area contributed by atoms with E-state index in [9.17, 15) is 0 Å². The predicted molar refractivity (Wildman–Crippen MR) is 57.1 cm³/mol. The van der Waals surface area contributed by atoms with Gasteiger partial charge in [-0.05, 0) is 25.7 Å². The largest absolute Gasteiger partial charge is 0.394 e. The maximum atomic E-state index is 9.02. The van der Waals surface area contributed by atoms with Gasteiger partial charge in [-0.25, -0.2) is 0 Å². The fourth-order valence-corrected chi connectivity index (χ4v) is 1.98. The molecule has 1 saturated carbocycles. The maximum absolute atomic E-state index is 9.02. The van der Waals surface area contributed by atoms with Gasteiger partial charge in [-0.3, -0.25) is 0 Å². The highest BCUT2D eigenvalue weighted by Crippen LogP contribution is 2.24. The van der Waals surface area contributed by atoms with Gasteiger partial charge in [-0.2, -0.15) is 0 Å². The molecule has 3 nitrogen and oxygen atoms in total. The Morgan fingerprint density at radius 1 is 1.36 bits per heavy atom. The molecule has 84 valence electrons. The van der Waals surface area contributed by atoms with Gasteiger partial charge in [0.1, 0.15) is 0 Å². The normalized spacial score (nSPS) is 23.4. The molecule has 1 aliphatic carbocycles. The van der Waals surface area contributed by atoms with Gasteiger partial charge < -0.3 is 15.6 Å². The van der Waals surface area contributed by atoms with Gasteiger partial charge in [0.15, 0.2) is 0 Å². The number of ether oxygens (including phenoxy) is 1. The standard InChI is InChI=1S/C11H23NO2/c1-9(12)11(7-13)14-8-10-5-3-2-4-6-10/h9-11,13H,2-8,12H2,1H3. The summed E-state index contributed by atoms with van der Waals surface area (Å²) in [5, 5.41) is 9.02. The summed E-state index contributed by atoms with van der Waals surface area (Å²) in [6.07, 6.45) is 6.39. The Hall–Kier alpha value is -0.120. The summed E-state index contributed by atoms with van der Waals surface area (Å²) in [5.41, 5.74) is 5.68. The van der Waals surface area contributed by atoms with Crippen LogP contribution in [0.1, 0.15) is 39.0 Å². The lowest BCUT2D eigenvalue weighted by molar-refractivity contribution is -0.0205. The zero-order chi connectivity index (χ0) is 10.4. The zero-order valence-electron chi connectivity index (χ0n) is 9.11. The van der Waals surface area contributed by atoms with E-state index in [-0.39, 0.29) is 18.8 Å². The first kappa shape index (κ1) is 12.0. The van der Waals surface area contributed by atoms with Gasteiger partial charge in [0.05, 0.1) is 12.7 Å². The van der Waals surface area contributed by atoms with Crippen LogP contribution in [0.15, 0.2) is 0 Å². The van der Waals surface area contributed by atoms with E-state index in [1.807, 2.05) is 6.92 Å². The number of hydrogen-bond donors (Lipinski definition) is 2. The Morgan fingerprint density at radius 2 is 2.00 bits per heavy atom. The average molecular weight is 201 g/mol. The van der Waals surface area contributed by atoms with Crippen molar-refractivity contribution in [3.8, 4) is 0 Å². The van der Waals surface area contributed by atoms with Crippen molar-refractivity contribution >= 4 is 0 Å². The van der Waals surface area contributed by atoms with Crippen LogP contribution in [0.25, 0.3) is 0 Å². The summed E-state index contributed by atoms with van der Waals surface area (Å²) in [6.45, 7) is 2.68. The molecule has 0 bridgehead atoms. The SMILES string of the molecule is CC(N)C(CO)OCC1CCCCC1. The highest BCUT2D eigenvalue weighted by Gasteiger charge is 2.18. The third-order valence-corrected chi connectivity index (χ3v) is 3.04. The maximum Gasteiger partial charge on any atom is 0.0953 e. The summed E-state index contributed by atoms with van der Waals surface area (Å²) in [4.78, 5) is 0. The molecule has 1 fully saturated rings. The second-order valence-corrected chi connectivity index (χ2v) is 4.42. The predicted octanol–water partition coefficient (Wildman–Crippen LogP) is 1.29. The lowest BCUT2D eigenvalue weighted by Gasteiger charge is -2.25. The van der Waals surface area contributed by atoms with Crippen LogP contribution < -0.4 is 5.73 Å². The fraction of sp³-hybridized carbons (Fsp3) is 1.00. The molecule has 1 rings (SSSR count). The highest BCUT2D eigenvalue weighted by molar-refractivity contribution is 4.70. The van der Waals surface area contributed by atoms with Crippen molar-refractivity contribution in [1.82, 2.24) is 0 Å². The summed E-state index contributed by atoms with van der Waals surface area (Å²) in [6, 6.07) is -0.0800. The molecule has 14 heavy (non-hydrogen) atoms. The van der Waals surface area contributed by atoms with E-state index in [4.69, 9.17) is 15.6 Å². The lowest BCUT2D eigenvalue weighted by Crippen LogP contribution is -2.38. The Kier molecular flexibility index (Phi) is 5.45. The first-order valence-electron chi connectivity index (χ1n) is 5.72. The number of nitrogens with two attached hydrogens (primary N) is 1. The quantitative estimate of drug-likeness (QED) is 0.704. The molecule has 0 saturated heterocycles. The summed E-state index contributed by atoms with van der Waals surface area (Å²) in [7, 11) is 0. The molecule has 0 radical (unpaired) electrons. The number of rotatable bonds is 5. The third-order valence-electron chi connectivity index (χ3n) is 3.04. The van der Waals surface area contributed by atoms with E-state index in [2.05, 4.69) is 0 Å². The van der Waals surface area contributed by atoms with Crippen molar-refractivity contribution in [2.24, 2.45) is 11.7 Å². The Bertz CT molecular complexity index is 144. The second kappa shape index (κ2) is 6.38. The smallest absolute Gasteiger partial charge is 0.0953 e. The minimum atomic E-state index is -0.183. The minimum absolute atomic E-state index is 0.0321. The lowest BCUT2D eigenvalue weighted by atomic mass is 9.90. The van der Waals surface area contributed by atoms with Crippen LogP contribution >= 0.6 is 0 Å². The molecular weight excluding hydrogens is 178 g/mol. The molecule has 0 aromatic carbocycles. The van der Waals surface area contributed by atoms with E-state index >= 15 is 0 Å². The molecule has 2 atom stereocenters. The van der Waals surface area contributed by atoms with Crippen molar-refractivity contribution in [3.05, 3.63) is 0 Å². The van der Waals surface area contributed by atoms with Crippen molar-refractivity contribution in [2.45, 2.75) is 51.2 Å². The van der Waals surface area contributed by atoms with Crippen LogP contribution in [0.2, 0.25) is 0 Å². The van der Waals surface area contributed by atoms with Crippen LogP contribution in [0.5, 0.6) is 0 Å². The fourth-order valence-electron chi connectivity index (χ4n) is 1.98. The molecule has 0 aromatic rings.